The summed E-state index contributed by atoms with van der Waals surface area (Å²) in [7, 11) is 0. The summed E-state index contributed by atoms with van der Waals surface area (Å²) in [6.45, 7) is 3.80. The maximum atomic E-state index is 5.91. The summed E-state index contributed by atoms with van der Waals surface area (Å²) in [5.41, 5.74) is 2.16. The summed E-state index contributed by atoms with van der Waals surface area (Å²) < 4.78 is 0. The second kappa shape index (κ2) is 7.79. The molecule has 122 valence electrons. The van der Waals surface area contributed by atoms with E-state index >= 15 is 0 Å². The van der Waals surface area contributed by atoms with Crippen molar-refractivity contribution >= 4 is 29.1 Å². The van der Waals surface area contributed by atoms with Crippen LogP contribution in [0.25, 0.3) is 0 Å². The molecule has 0 spiro atoms. The van der Waals surface area contributed by atoms with E-state index in [0.717, 1.165) is 24.6 Å². The Morgan fingerprint density at radius 2 is 1.75 bits per heavy atom. The van der Waals surface area contributed by atoms with Gasteiger partial charge in [0, 0.05) is 30.0 Å². The first-order valence-electron chi connectivity index (χ1n) is 7.89. The van der Waals surface area contributed by atoms with E-state index in [1.54, 1.807) is 6.20 Å². The number of anilines is 3. The van der Waals surface area contributed by atoms with E-state index in [1.165, 1.54) is 5.56 Å². The van der Waals surface area contributed by atoms with E-state index in [0.29, 0.717) is 11.0 Å². The van der Waals surface area contributed by atoms with Gasteiger partial charge in [0.15, 0.2) is 0 Å². The van der Waals surface area contributed by atoms with Crippen LogP contribution < -0.4 is 10.2 Å². The van der Waals surface area contributed by atoms with E-state index < -0.39 is 0 Å². The highest BCUT2D eigenvalue weighted by Crippen LogP contribution is 2.19. The van der Waals surface area contributed by atoms with Crippen molar-refractivity contribution in [3.05, 3.63) is 77.4 Å². The van der Waals surface area contributed by atoms with Gasteiger partial charge < -0.3 is 10.2 Å². The molecule has 0 atom stereocenters. The monoisotopic (exact) mass is 338 g/mol. The fourth-order valence-electron chi connectivity index (χ4n) is 2.41. The lowest BCUT2D eigenvalue weighted by molar-refractivity contribution is 0.811. The zero-order valence-electron chi connectivity index (χ0n) is 13.5. The van der Waals surface area contributed by atoms with Gasteiger partial charge in [0.1, 0.15) is 5.82 Å². The number of halogens is 1. The van der Waals surface area contributed by atoms with Crippen LogP contribution in [0.2, 0.25) is 5.02 Å². The third-order valence-electron chi connectivity index (χ3n) is 3.66. The van der Waals surface area contributed by atoms with Crippen LogP contribution in [-0.2, 0) is 6.54 Å². The van der Waals surface area contributed by atoms with Crippen molar-refractivity contribution in [2.24, 2.45) is 0 Å². The third-order valence-corrected chi connectivity index (χ3v) is 3.92. The van der Waals surface area contributed by atoms with Crippen molar-refractivity contribution in [2.45, 2.75) is 13.5 Å². The van der Waals surface area contributed by atoms with Crippen LogP contribution in [0.15, 0.2) is 66.9 Å². The zero-order valence-corrected chi connectivity index (χ0v) is 14.2. The van der Waals surface area contributed by atoms with E-state index in [4.69, 9.17) is 11.6 Å². The zero-order chi connectivity index (χ0) is 16.8. The lowest BCUT2D eigenvalue weighted by atomic mass is 10.2. The van der Waals surface area contributed by atoms with E-state index in [1.807, 2.05) is 36.4 Å². The van der Waals surface area contributed by atoms with Gasteiger partial charge in [-0.1, -0.05) is 41.9 Å². The molecule has 3 rings (SSSR count). The molecule has 0 aliphatic carbocycles. The SMILES string of the molecule is CCN(Cc1ccccc1)c1ccnc(Nc2ccc(Cl)cc2)n1. The van der Waals surface area contributed by atoms with Gasteiger partial charge in [0.25, 0.3) is 0 Å². The molecular formula is C19H19ClN4. The molecule has 0 saturated carbocycles. The molecule has 0 bridgehead atoms. The molecule has 0 saturated heterocycles. The molecule has 1 aromatic heterocycles. The highest BCUT2D eigenvalue weighted by atomic mass is 35.5. The molecule has 1 heterocycles. The van der Waals surface area contributed by atoms with Crippen molar-refractivity contribution < 1.29 is 0 Å². The average Bonchev–Trinajstić information content (AvgIpc) is 2.63. The maximum absolute atomic E-state index is 5.91. The summed E-state index contributed by atoms with van der Waals surface area (Å²) in [5.74, 6) is 1.47. The molecule has 24 heavy (non-hydrogen) atoms. The van der Waals surface area contributed by atoms with Crippen molar-refractivity contribution in [2.75, 3.05) is 16.8 Å². The minimum atomic E-state index is 0.571. The predicted molar refractivity (Wildman–Crippen MR) is 99.9 cm³/mol. The van der Waals surface area contributed by atoms with E-state index in [-0.39, 0.29) is 0 Å². The number of benzene rings is 2. The summed E-state index contributed by atoms with van der Waals surface area (Å²) in [6, 6.07) is 19.8. The Morgan fingerprint density at radius 1 is 1.00 bits per heavy atom. The number of rotatable bonds is 6. The van der Waals surface area contributed by atoms with Crippen LogP contribution in [0.4, 0.5) is 17.5 Å². The normalized spacial score (nSPS) is 10.4. The van der Waals surface area contributed by atoms with Gasteiger partial charge >= 0.3 is 0 Å². The Labute approximate surface area is 147 Å². The van der Waals surface area contributed by atoms with Crippen molar-refractivity contribution in [3.63, 3.8) is 0 Å². The van der Waals surface area contributed by atoms with Gasteiger partial charge in [-0.25, -0.2) is 4.98 Å². The van der Waals surface area contributed by atoms with Gasteiger partial charge in [0.2, 0.25) is 5.95 Å². The summed E-state index contributed by atoms with van der Waals surface area (Å²) in [4.78, 5) is 11.1. The Hall–Kier alpha value is -2.59. The van der Waals surface area contributed by atoms with Crippen LogP contribution in [0.1, 0.15) is 12.5 Å². The van der Waals surface area contributed by atoms with Crippen LogP contribution in [-0.4, -0.2) is 16.5 Å². The Morgan fingerprint density at radius 3 is 2.46 bits per heavy atom. The minimum absolute atomic E-state index is 0.571. The first kappa shape index (κ1) is 16.3. The molecule has 0 fully saturated rings. The molecule has 0 aliphatic rings. The molecular weight excluding hydrogens is 320 g/mol. The Balaban J connectivity index is 1.76. The molecule has 3 aromatic rings. The molecule has 1 N–H and O–H groups in total. The van der Waals surface area contributed by atoms with Crippen molar-refractivity contribution in [1.82, 2.24) is 9.97 Å². The van der Waals surface area contributed by atoms with Crippen LogP contribution in [0.5, 0.6) is 0 Å². The second-order valence-electron chi connectivity index (χ2n) is 5.37. The minimum Gasteiger partial charge on any atom is -0.352 e. The molecule has 0 amide bonds. The first-order chi connectivity index (χ1) is 11.7. The molecule has 0 unspecified atom stereocenters. The third kappa shape index (κ3) is 4.24. The number of nitrogens with zero attached hydrogens (tertiary/aromatic N) is 3. The van der Waals surface area contributed by atoms with Gasteiger partial charge in [-0.05, 0) is 42.8 Å². The van der Waals surface area contributed by atoms with Gasteiger partial charge in [-0.3, -0.25) is 0 Å². The second-order valence-corrected chi connectivity index (χ2v) is 5.81. The molecule has 4 nitrogen and oxygen atoms in total. The number of hydrogen-bond acceptors (Lipinski definition) is 4. The maximum Gasteiger partial charge on any atom is 0.229 e. The van der Waals surface area contributed by atoms with E-state index in [9.17, 15) is 0 Å². The molecule has 5 heteroatoms. The lowest BCUT2D eigenvalue weighted by Gasteiger charge is -2.22. The number of nitrogens with one attached hydrogen (secondary N) is 1. The van der Waals surface area contributed by atoms with E-state index in [2.05, 4.69) is 51.4 Å². The largest absolute Gasteiger partial charge is 0.352 e. The lowest BCUT2D eigenvalue weighted by Crippen LogP contribution is -2.23. The van der Waals surface area contributed by atoms with Crippen molar-refractivity contribution in [1.29, 1.82) is 0 Å². The van der Waals surface area contributed by atoms with Gasteiger partial charge in [-0.15, -0.1) is 0 Å². The van der Waals surface area contributed by atoms with Gasteiger partial charge in [0.05, 0.1) is 0 Å². The van der Waals surface area contributed by atoms with Crippen molar-refractivity contribution in [3.8, 4) is 0 Å². The molecule has 0 radical (unpaired) electrons. The summed E-state index contributed by atoms with van der Waals surface area (Å²) in [6.07, 6.45) is 1.77. The van der Waals surface area contributed by atoms with Crippen LogP contribution in [0, 0.1) is 0 Å². The summed E-state index contributed by atoms with van der Waals surface area (Å²) >= 11 is 5.91. The quantitative estimate of drug-likeness (QED) is 0.694. The highest BCUT2D eigenvalue weighted by molar-refractivity contribution is 6.30. The standard InChI is InChI=1S/C19H19ClN4/c1-2-24(14-15-6-4-3-5-7-15)18-12-13-21-19(23-18)22-17-10-8-16(20)9-11-17/h3-13H,2,14H2,1H3,(H,21,22,23). The first-order valence-corrected chi connectivity index (χ1v) is 8.27. The predicted octanol–water partition coefficient (Wildman–Crippen LogP) is 4.90. The van der Waals surface area contributed by atoms with Crippen LogP contribution in [0.3, 0.4) is 0 Å². The smallest absolute Gasteiger partial charge is 0.229 e. The fourth-order valence-corrected chi connectivity index (χ4v) is 2.53. The van der Waals surface area contributed by atoms with Gasteiger partial charge in [-0.2, -0.15) is 4.98 Å². The summed E-state index contributed by atoms with van der Waals surface area (Å²) in [5, 5.41) is 3.91. The Kier molecular flexibility index (Phi) is 5.29. The highest BCUT2D eigenvalue weighted by Gasteiger charge is 2.08. The molecule has 0 aliphatic heterocycles. The number of hydrogen-bond donors (Lipinski definition) is 1. The van der Waals surface area contributed by atoms with Crippen LogP contribution >= 0.6 is 11.6 Å². The molecule has 2 aromatic carbocycles. The Bertz CT molecular complexity index is 775. The number of aromatic nitrogens is 2. The fraction of sp³-hybridized carbons (Fsp3) is 0.158. The average molecular weight is 339 g/mol. The topological polar surface area (TPSA) is 41.1 Å².